The van der Waals surface area contributed by atoms with Gasteiger partial charge in [0.2, 0.25) is 0 Å². The third-order valence-electron chi connectivity index (χ3n) is 11.5. The van der Waals surface area contributed by atoms with Gasteiger partial charge in [-0.25, -0.2) is 19.9 Å². The highest BCUT2D eigenvalue weighted by molar-refractivity contribution is 7.26. The van der Waals surface area contributed by atoms with Crippen molar-refractivity contribution in [2.45, 2.75) is 0 Å². The zero-order valence-electron chi connectivity index (χ0n) is 32.1. The number of hydrogen-bond donors (Lipinski definition) is 0. The Hall–Kier alpha value is -7.38. The lowest BCUT2D eigenvalue weighted by Crippen LogP contribution is -1.94. The van der Waals surface area contributed by atoms with Crippen molar-refractivity contribution in [2.75, 3.05) is 0 Å². The second-order valence-corrected chi connectivity index (χ2v) is 17.1. The van der Waals surface area contributed by atoms with Crippen molar-refractivity contribution in [1.29, 1.82) is 0 Å². The molecule has 0 atom stereocenters. The number of nitrogens with zero attached hydrogens (tertiary/aromatic N) is 4. The first-order valence-electron chi connectivity index (χ1n) is 19.9. The van der Waals surface area contributed by atoms with Crippen molar-refractivity contribution in [3.8, 4) is 67.2 Å². The summed E-state index contributed by atoms with van der Waals surface area (Å²) in [7, 11) is 0. The summed E-state index contributed by atoms with van der Waals surface area (Å²) in [6.07, 6.45) is 3.57. The standard InChI is InChI=1S/C54H32N4S2/c1-2-9-33(10-3-1)34-23-27-39(28-24-34)50-53-51(44-14-5-7-16-47(44)60-53)58-54(57-50)41-12-8-11-40(29-41)37-19-17-35(18-20-37)36-21-25-38(26-22-36)45-30-42-31-55-32-56-49(42)48-43-13-4-6-15-46(43)59-52(45)48/h1-32H. The molecule has 4 nitrogen and oxygen atoms in total. The highest BCUT2D eigenvalue weighted by Crippen LogP contribution is 2.44. The Morgan fingerprint density at radius 2 is 0.933 bits per heavy atom. The van der Waals surface area contributed by atoms with Gasteiger partial charge in [0.05, 0.1) is 21.4 Å². The minimum atomic E-state index is 0.721. The molecule has 0 saturated heterocycles. The SMILES string of the molecule is c1ccc(-c2ccc(-c3nc(-c4cccc(-c5ccc(-c6ccc(-c7cc8cncnc8c8c7sc7ccccc78)cc6)cc5)c4)nc4c3sc3ccccc34)cc2)cc1. The molecule has 0 bridgehead atoms. The van der Waals surface area contributed by atoms with Crippen LogP contribution in [0.3, 0.4) is 0 Å². The van der Waals surface area contributed by atoms with Crippen LogP contribution in [0.4, 0.5) is 0 Å². The predicted octanol–water partition coefficient (Wildman–Crippen LogP) is 15.2. The maximum Gasteiger partial charge on any atom is 0.160 e. The maximum atomic E-state index is 5.29. The molecule has 0 aliphatic heterocycles. The van der Waals surface area contributed by atoms with Crippen LogP contribution in [0.1, 0.15) is 0 Å². The summed E-state index contributed by atoms with van der Waals surface area (Å²) in [6, 6.07) is 65.0. The highest BCUT2D eigenvalue weighted by Gasteiger charge is 2.18. The van der Waals surface area contributed by atoms with E-state index >= 15 is 0 Å². The number of aromatic nitrogens is 4. The van der Waals surface area contributed by atoms with Gasteiger partial charge in [0.15, 0.2) is 5.82 Å². The van der Waals surface area contributed by atoms with Crippen molar-refractivity contribution in [3.05, 3.63) is 195 Å². The van der Waals surface area contributed by atoms with E-state index in [4.69, 9.17) is 15.0 Å². The van der Waals surface area contributed by atoms with E-state index in [1.165, 1.54) is 58.3 Å². The van der Waals surface area contributed by atoms with Gasteiger partial charge in [-0.2, -0.15) is 0 Å². The smallest absolute Gasteiger partial charge is 0.160 e. The van der Waals surface area contributed by atoms with Crippen LogP contribution in [0.2, 0.25) is 0 Å². The molecule has 60 heavy (non-hydrogen) atoms. The van der Waals surface area contributed by atoms with Crippen molar-refractivity contribution in [2.24, 2.45) is 0 Å². The summed E-state index contributed by atoms with van der Waals surface area (Å²) in [4.78, 5) is 19.6. The van der Waals surface area contributed by atoms with Gasteiger partial charge in [0.25, 0.3) is 0 Å². The van der Waals surface area contributed by atoms with Gasteiger partial charge >= 0.3 is 0 Å². The Balaban J connectivity index is 0.874. The molecule has 12 rings (SSSR count). The summed E-state index contributed by atoms with van der Waals surface area (Å²) < 4.78 is 4.83. The van der Waals surface area contributed by atoms with Crippen LogP contribution in [-0.2, 0) is 0 Å². The molecule has 0 unspecified atom stereocenters. The quantitative estimate of drug-likeness (QED) is 0.168. The molecule has 0 saturated carbocycles. The van der Waals surface area contributed by atoms with Crippen LogP contribution in [0.15, 0.2) is 195 Å². The van der Waals surface area contributed by atoms with Gasteiger partial charge in [-0.05, 0) is 63.2 Å². The van der Waals surface area contributed by atoms with Crippen LogP contribution in [0.25, 0.3) is 119 Å². The zero-order valence-corrected chi connectivity index (χ0v) is 33.7. The van der Waals surface area contributed by atoms with Crippen molar-refractivity contribution in [3.63, 3.8) is 0 Å². The van der Waals surface area contributed by atoms with Crippen LogP contribution < -0.4 is 0 Å². The molecule has 0 spiro atoms. The fraction of sp³-hybridized carbons (Fsp3) is 0. The van der Waals surface area contributed by atoms with Gasteiger partial charge in [-0.15, -0.1) is 22.7 Å². The topological polar surface area (TPSA) is 51.6 Å². The Morgan fingerprint density at radius 1 is 0.383 bits per heavy atom. The van der Waals surface area contributed by atoms with Crippen LogP contribution in [-0.4, -0.2) is 19.9 Å². The third-order valence-corrected chi connectivity index (χ3v) is 13.8. The maximum absolute atomic E-state index is 5.29. The van der Waals surface area contributed by atoms with Crippen LogP contribution in [0, 0.1) is 0 Å². The average molecular weight is 801 g/mol. The van der Waals surface area contributed by atoms with Gasteiger partial charge < -0.3 is 0 Å². The number of rotatable bonds is 6. The molecule has 4 aromatic heterocycles. The normalized spacial score (nSPS) is 11.7. The fourth-order valence-corrected chi connectivity index (χ4v) is 10.9. The van der Waals surface area contributed by atoms with E-state index in [0.717, 1.165) is 60.3 Å². The van der Waals surface area contributed by atoms with E-state index in [1.807, 2.05) is 17.5 Å². The minimum Gasteiger partial charge on any atom is -0.244 e. The molecule has 0 fully saturated rings. The molecule has 12 aromatic rings. The molecule has 280 valence electrons. The Bertz CT molecular complexity index is 3570. The van der Waals surface area contributed by atoms with Crippen LogP contribution in [0.5, 0.6) is 0 Å². The number of thiophene rings is 2. The Morgan fingerprint density at radius 3 is 1.67 bits per heavy atom. The molecule has 0 radical (unpaired) electrons. The third kappa shape index (κ3) is 5.88. The van der Waals surface area contributed by atoms with Crippen molar-refractivity contribution in [1.82, 2.24) is 19.9 Å². The molecule has 0 amide bonds. The summed E-state index contributed by atoms with van der Waals surface area (Å²) in [5.74, 6) is 0.721. The first-order valence-corrected chi connectivity index (χ1v) is 21.6. The van der Waals surface area contributed by atoms with Crippen LogP contribution >= 0.6 is 22.7 Å². The van der Waals surface area contributed by atoms with E-state index in [9.17, 15) is 0 Å². The van der Waals surface area contributed by atoms with Gasteiger partial charge in [-0.1, -0.05) is 158 Å². The number of benzene rings is 8. The second-order valence-electron chi connectivity index (χ2n) is 15.0. The monoisotopic (exact) mass is 800 g/mol. The van der Waals surface area contributed by atoms with E-state index in [-0.39, 0.29) is 0 Å². The number of fused-ring (bicyclic) bond motifs is 8. The molecule has 0 N–H and O–H groups in total. The highest BCUT2D eigenvalue weighted by atomic mass is 32.1. The lowest BCUT2D eigenvalue weighted by Gasteiger charge is -2.10. The predicted molar refractivity (Wildman–Crippen MR) is 254 cm³/mol. The molecule has 0 aliphatic rings. The van der Waals surface area contributed by atoms with E-state index in [1.54, 1.807) is 17.7 Å². The second kappa shape index (κ2) is 14.2. The molecule has 8 aromatic carbocycles. The molecule has 0 aliphatic carbocycles. The molecule has 4 heterocycles. The molecular weight excluding hydrogens is 769 g/mol. The number of hydrogen-bond acceptors (Lipinski definition) is 6. The summed E-state index contributed by atoms with van der Waals surface area (Å²) >= 11 is 3.59. The van der Waals surface area contributed by atoms with E-state index < -0.39 is 0 Å². The van der Waals surface area contributed by atoms with Crippen molar-refractivity contribution >= 4 is 74.1 Å². The Kier molecular flexibility index (Phi) is 8.18. The summed E-state index contributed by atoms with van der Waals surface area (Å²) in [5, 5.41) is 4.65. The van der Waals surface area contributed by atoms with Gasteiger partial charge in [0.1, 0.15) is 6.33 Å². The molecular formula is C54H32N4S2. The lowest BCUT2D eigenvalue weighted by molar-refractivity contribution is 1.23. The largest absolute Gasteiger partial charge is 0.244 e. The van der Waals surface area contributed by atoms with Gasteiger partial charge in [0, 0.05) is 58.5 Å². The molecule has 6 heteroatoms. The van der Waals surface area contributed by atoms with E-state index in [0.29, 0.717) is 0 Å². The minimum absolute atomic E-state index is 0.721. The first-order chi connectivity index (χ1) is 29.7. The summed E-state index contributed by atoms with van der Waals surface area (Å²) in [6.45, 7) is 0. The van der Waals surface area contributed by atoms with E-state index in [2.05, 4.69) is 187 Å². The average Bonchev–Trinajstić information content (AvgIpc) is 3.91. The first kappa shape index (κ1) is 34.6. The van der Waals surface area contributed by atoms with Crippen molar-refractivity contribution < 1.29 is 0 Å². The summed E-state index contributed by atoms with van der Waals surface area (Å²) in [5.41, 5.74) is 14.4. The van der Waals surface area contributed by atoms with Gasteiger partial charge in [-0.3, -0.25) is 0 Å². The zero-order chi connectivity index (χ0) is 39.6. The fourth-order valence-electron chi connectivity index (χ4n) is 8.46. The lowest BCUT2D eigenvalue weighted by atomic mass is 9.96. The Labute approximate surface area is 353 Å².